The predicted octanol–water partition coefficient (Wildman–Crippen LogP) is 4.41. The molecule has 0 fully saturated rings. The van der Waals surface area contributed by atoms with Gasteiger partial charge in [-0.2, -0.15) is 0 Å². The molecule has 15 heavy (non-hydrogen) atoms. The summed E-state index contributed by atoms with van der Waals surface area (Å²) in [7, 11) is 0. The maximum absolute atomic E-state index is 9.85. The van der Waals surface area contributed by atoms with Gasteiger partial charge >= 0.3 is 0 Å². The van der Waals surface area contributed by atoms with Crippen LogP contribution in [0.1, 0.15) is 12.5 Å². The minimum atomic E-state index is 0.192. The molecule has 1 N–H and O–H groups in total. The number of benzene rings is 2. The molecule has 2 aromatic rings. The van der Waals surface area contributed by atoms with E-state index in [0.717, 1.165) is 17.4 Å². The summed E-state index contributed by atoms with van der Waals surface area (Å²) in [5.41, 5.74) is 1.05. The van der Waals surface area contributed by atoms with E-state index in [-0.39, 0.29) is 5.75 Å². The Bertz CT molecular complexity index is 521. The van der Waals surface area contributed by atoms with E-state index in [1.165, 1.54) is 0 Å². The van der Waals surface area contributed by atoms with E-state index in [9.17, 15) is 5.11 Å². The fourth-order valence-corrected chi connectivity index (χ4v) is 2.12. The van der Waals surface area contributed by atoms with Crippen LogP contribution in [0.3, 0.4) is 0 Å². The van der Waals surface area contributed by atoms with Crippen LogP contribution in [0.25, 0.3) is 10.8 Å². The molecule has 0 saturated heterocycles. The lowest BCUT2D eigenvalue weighted by molar-refractivity contribution is 0.481. The number of aromatic hydroxyl groups is 1. The molecule has 78 valence electrons. The average Bonchev–Trinajstić information content (AvgIpc) is 2.23. The number of phenols is 1. The minimum absolute atomic E-state index is 0.192. The van der Waals surface area contributed by atoms with Gasteiger partial charge in [-0.3, -0.25) is 0 Å². The first-order chi connectivity index (χ1) is 7.13. The van der Waals surface area contributed by atoms with Gasteiger partial charge in [0.1, 0.15) is 5.75 Å². The molecule has 2 rings (SSSR count). The van der Waals surface area contributed by atoms with Crippen LogP contribution in [0, 0.1) is 0 Å². The monoisotopic (exact) mass is 240 g/mol. The topological polar surface area (TPSA) is 20.2 Å². The van der Waals surface area contributed by atoms with Crippen molar-refractivity contribution in [3.8, 4) is 5.75 Å². The van der Waals surface area contributed by atoms with Gasteiger partial charge < -0.3 is 5.11 Å². The molecule has 0 spiro atoms. The van der Waals surface area contributed by atoms with Crippen LogP contribution in [0.2, 0.25) is 10.0 Å². The van der Waals surface area contributed by atoms with Crippen LogP contribution < -0.4 is 0 Å². The standard InChI is InChI=1S/C12H10Cl2O/c1-2-7-5-8-9(13)3-4-10(14)12(8)11(15)6-7/h3-6,15H,2H2,1H3. The Kier molecular flexibility index (Phi) is 2.76. The van der Waals surface area contributed by atoms with Gasteiger partial charge in [-0.1, -0.05) is 30.1 Å². The Hall–Kier alpha value is -0.920. The molecular formula is C12H10Cl2O. The summed E-state index contributed by atoms with van der Waals surface area (Å²) in [6.07, 6.45) is 0.854. The van der Waals surface area contributed by atoms with E-state index in [2.05, 4.69) is 0 Å². The number of fused-ring (bicyclic) bond motifs is 1. The van der Waals surface area contributed by atoms with Crippen LogP contribution >= 0.6 is 23.2 Å². The lowest BCUT2D eigenvalue weighted by Crippen LogP contribution is -1.84. The molecule has 0 aliphatic heterocycles. The van der Waals surface area contributed by atoms with Crippen molar-refractivity contribution in [1.82, 2.24) is 0 Å². The van der Waals surface area contributed by atoms with Crippen LogP contribution in [-0.4, -0.2) is 5.11 Å². The fourth-order valence-electron chi connectivity index (χ4n) is 1.65. The molecule has 0 amide bonds. The second-order valence-electron chi connectivity index (χ2n) is 3.42. The Balaban J connectivity index is 2.90. The molecule has 2 aromatic carbocycles. The highest BCUT2D eigenvalue weighted by molar-refractivity contribution is 6.40. The van der Waals surface area contributed by atoms with Gasteiger partial charge in [0.05, 0.1) is 5.02 Å². The fraction of sp³-hybridized carbons (Fsp3) is 0.167. The highest BCUT2D eigenvalue weighted by atomic mass is 35.5. The van der Waals surface area contributed by atoms with Gasteiger partial charge in [0.25, 0.3) is 0 Å². The van der Waals surface area contributed by atoms with Crippen LogP contribution in [0.4, 0.5) is 0 Å². The molecule has 0 bridgehead atoms. The van der Waals surface area contributed by atoms with Crippen molar-refractivity contribution < 1.29 is 5.11 Å². The zero-order valence-corrected chi connectivity index (χ0v) is 9.73. The molecule has 0 aromatic heterocycles. The smallest absolute Gasteiger partial charge is 0.125 e. The number of rotatable bonds is 1. The third kappa shape index (κ3) is 1.77. The van der Waals surface area contributed by atoms with Crippen LogP contribution in [0.5, 0.6) is 5.75 Å². The zero-order valence-electron chi connectivity index (χ0n) is 8.22. The summed E-state index contributed by atoms with van der Waals surface area (Å²) >= 11 is 12.1. The first kappa shape index (κ1) is 10.6. The highest BCUT2D eigenvalue weighted by Gasteiger charge is 2.09. The predicted molar refractivity (Wildman–Crippen MR) is 65.0 cm³/mol. The van der Waals surface area contributed by atoms with E-state index in [0.29, 0.717) is 15.4 Å². The van der Waals surface area contributed by atoms with E-state index in [4.69, 9.17) is 23.2 Å². The molecule has 0 unspecified atom stereocenters. The average molecular weight is 241 g/mol. The van der Waals surface area contributed by atoms with E-state index in [1.807, 2.05) is 13.0 Å². The van der Waals surface area contributed by atoms with Crippen molar-refractivity contribution in [2.75, 3.05) is 0 Å². The molecule has 0 heterocycles. The van der Waals surface area contributed by atoms with Gasteiger partial charge in [0.2, 0.25) is 0 Å². The quantitative estimate of drug-likeness (QED) is 0.783. The van der Waals surface area contributed by atoms with Gasteiger partial charge in [-0.15, -0.1) is 0 Å². The summed E-state index contributed by atoms with van der Waals surface area (Å²) < 4.78 is 0. The van der Waals surface area contributed by atoms with Crippen molar-refractivity contribution in [2.45, 2.75) is 13.3 Å². The number of hydrogen-bond donors (Lipinski definition) is 1. The van der Waals surface area contributed by atoms with Crippen molar-refractivity contribution >= 4 is 34.0 Å². The number of halogens is 2. The summed E-state index contributed by atoms with van der Waals surface area (Å²) in [5, 5.41) is 12.4. The number of hydrogen-bond acceptors (Lipinski definition) is 1. The van der Waals surface area contributed by atoms with E-state index < -0.39 is 0 Å². The van der Waals surface area contributed by atoms with Crippen molar-refractivity contribution in [1.29, 1.82) is 0 Å². The number of phenolic OH excluding ortho intramolecular Hbond substituents is 1. The molecule has 0 aliphatic carbocycles. The molecule has 0 aliphatic rings. The normalized spacial score (nSPS) is 10.9. The van der Waals surface area contributed by atoms with Gasteiger partial charge in [0.15, 0.2) is 0 Å². The maximum Gasteiger partial charge on any atom is 0.125 e. The van der Waals surface area contributed by atoms with Gasteiger partial charge in [0, 0.05) is 15.8 Å². The minimum Gasteiger partial charge on any atom is -0.507 e. The third-order valence-corrected chi connectivity index (χ3v) is 3.10. The molecule has 0 saturated carbocycles. The first-order valence-electron chi connectivity index (χ1n) is 4.73. The second kappa shape index (κ2) is 3.92. The summed E-state index contributed by atoms with van der Waals surface area (Å²) in [5.74, 6) is 0.192. The molecular weight excluding hydrogens is 231 g/mol. The third-order valence-electron chi connectivity index (χ3n) is 2.46. The SMILES string of the molecule is CCc1cc(O)c2c(Cl)ccc(Cl)c2c1. The Morgan fingerprint density at radius 3 is 2.47 bits per heavy atom. The van der Waals surface area contributed by atoms with Gasteiger partial charge in [-0.25, -0.2) is 0 Å². The second-order valence-corrected chi connectivity index (χ2v) is 4.23. The molecule has 0 atom stereocenters. The van der Waals surface area contributed by atoms with Crippen LogP contribution in [-0.2, 0) is 6.42 Å². The first-order valence-corrected chi connectivity index (χ1v) is 5.48. The summed E-state index contributed by atoms with van der Waals surface area (Å²) in [4.78, 5) is 0. The molecule has 0 radical (unpaired) electrons. The van der Waals surface area contributed by atoms with E-state index in [1.54, 1.807) is 18.2 Å². The highest BCUT2D eigenvalue weighted by Crippen LogP contribution is 2.36. The van der Waals surface area contributed by atoms with Crippen LogP contribution in [0.15, 0.2) is 24.3 Å². The molecule has 3 heteroatoms. The van der Waals surface area contributed by atoms with Crippen molar-refractivity contribution in [3.05, 3.63) is 39.9 Å². The Morgan fingerprint density at radius 1 is 1.13 bits per heavy atom. The van der Waals surface area contributed by atoms with E-state index >= 15 is 0 Å². The maximum atomic E-state index is 9.85. The number of aryl methyl sites for hydroxylation is 1. The summed E-state index contributed by atoms with van der Waals surface area (Å²) in [6, 6.07) is 7.12. The molecule has 1 nitrogen and oxygen atoms in total. The summed E-state index contributed by atoms with van der Waals surface area (Å²) in [6.45, 7) is 2.03. The Morgan fingerprint density at radius 2 is 1.80 bits per heavy atom. The van der Waals surface area contributed by atoms with Crippen molar-refractivity contribution in [2.24, 2.45) is 0 Å². The lowest BCUT2D eigenvalue weighted by atomic mass is 10.0. The largest absolute Gasteiger partial charge is 0.507 e. The van der Waals surface area contributed by atoms with Crippen molar-refractivity contribution in [3.63, 3.8) is 0 Å². The Labute approximate surface area is 98.2 Å². The van der Waals surface area contributed by atoms with Gasteiger partial charge in [-0.05, 0) is 36.2 Å². The zero-order chi connectivity index (χ0) is 11.0. The lowest BCUT2D eigenvalue weighted by Gasteiger charge is -2.07.